The molecular formula is C27H30N2O4S. The first kappa shape index (κ1) is 24.2. The maximum atomic E-state index is 13.3. The van der Waals surface area contributed by atoms with Crippen molar-refractivity contribution < 1.29 is 9.15 Å². The van der Waals surface area contributed by atoms with E-state index in [0.29, 0.717) is 53.1 Å². The van der Waals surface area contributed by atoms with Crippen LogP contribution in [0.25, 0.3) is 21.9 Å². The quantitative estimate of drug-likeness (QED) is 0.134. The molecule has 2 aromatic heterocycles. The van der Waals surface area contributed by atoms with Gasteiger partial charge in [0.25, 0.3) is 5.56 Å². The Morgan fingerprint density at radius 3 is 2.68 bits per heavy atom. The van der Waals surface area contributed by atoms with Crippen molar-refractivity contribution in [1.82, 2.24) is 9.55 Å². The van der Waals surface area contributed by atoms with Crippen molar-refractivity contribution in [2.45, 2.75) is 57.5 Å². The topological polar surface area (TPSA) is 74.3 Å². The van der Waals surface area contributed by atoms with Gasteiger partial charge in [0.2, 0.25) is 0 Å². The van der Waals surface area contributed by atoms with E-state index in [4.69, 9.17) is 14.1 Å². The number of rotatable bonds is 9. The molecule has 0 aliphatic rings. The number of aryl methyl sites for hydroxylation is 1. The minimum Gasteiger partial charge on any atom is -0.423 e. The maximum absolute atomic E-state index is 13.3. The molecule has 0 amide bonds. The molecule has 0 saturated heterocycles. The Balaban J connectivity index is 1.73. The molecule has 0 atom stereocenters. The van der Waals surface area contributed by atoms with Crippen molar-refractivity contribution in [2.24, 2.45) is 0 Å². The van der Waals surface area contributed by atoms with Crippen molar-refractivity contribution in [1.29, 1.82) is 0 Å². The normalized spacial score (nSPS) is 11.7. The predicted octanol–water partition coefficient (Wildman–Crippen LogP) is 5.65. The number of benzene rings is 2. The van der Waals surface area contributed by atoms with Crippen LogP contribution in [0.15, 0.2) is 61.6 Å². The van der Waals surface area contributed by atoms with Crippen LogP contribution in [0.4, 0.5) is 0 Å². The van der Waals surface area contributed by atoms with Crippen LogP contribution in [0.5, 0.6) is 0 Å². The van der Waals surface area contributed by atoms with Gasteiger partial charge in [-0.3, -0.25) is 9.36 Å². The standard InChI is InChI=1S/C27H30N2O4S/c1-5-32-12-8-11-29-26(31)20-9-6-7-10-23(20)28-27(29)34-16-19-14-25(30)33-24-13-18(4)21(17(2)3)15-22(19)24/h6-7,9-10,13-15,17H,5,8,11-12,16H2,1-4H3. The van der Waals surface area contributed by atoms with Crippen LogP contribution in [0.1, 0.15) is 49.8 Å². The van der Waals surface area contributed by atoms with Gasteiger partial charge < -0.3 is 9.15 Å². The second-order valence-corrected chi connectivity index (χ2v) is 9.60. The van der Waals surface area contributed by atoms with Gasteiger partial charge >= 0.3 is 5.63 Å². The average Bonchev–Trinajstić information content (AvgIpc) is 2.80. The largest absolute Gasteiger partial charge is 0.423 e. The molecule has 4 aromatic rings. The van der Waals surface area contributed by atoms with Crippen LogP contribution < -0.4 is 11.2 Å². The summed E-state index contributed by atoms with van der Waals surface area (Å²) >= 11 is 1.47. The molecule has 2 aromatic carbocycles. The van der Waals surface area contributed by atoms with E-state index in [1.54, 1.807) is 10.6 Å². The zero-order valence-corrected chi connectivity index (χ0v) is 20.9. The van der Waals surface area contributed by atoms with Gasteiger partial charge in [-0.2, -0.15) is 0 Å². The molecule has 178 valence electrons. The van der Waals surface area contributed by atoms with Gasteiger partial charge in [0.1, 0.15) is 5.58 Å². The number of ether oxygens (including phenoxy) is 1. The van der Waals surface area contributed by atoms with E-state index in [2.05, 4.69) is 19.9 Å². The molecule has 6 nitrogen and oxygen atoms in total. The highest BCUT2D eigenvalue weighted by Gasteiger charge is 2.15. The van der Waals surface area contributed by atoms with E-state index in [0.717, 1.165) is 22.9 Å². The molecule has 0 unspecified atom stereocenters. The monoisotopic (exact) mass is 478 g/mol. The second kappa shape index (κ2) is 10.6. The molecule has 4 rings (SSSR count). The van der Waals surface area contributed by atoms with Gasteiger partial charge in [-0.1, -0.05) is 37.7 Å². The first-order valence-electron chi connectivity index (χ1n) is 11.7. The average molecular weight is 479 g/mol. The molecule has 0 spiro atoms. The summed E-state index contributed by atoms with van der Waals surface area (Å²) in [5, 5.41) is 2.16. The summed E-state index contributed by atoms with van der Waals surface area (Å²) in [4.78, 5) is 30.3. The molecule has 0 N–H and O–H groups in total. The van der Waals surface area contributed by atoms with Crippen LogP contribution in [0.2, 0.25) is 0 Å². The van der Waals surface area contributed by atoms with Crippen LogP contribution in [0.3, 0.4) is 0 Å². The molecule has 0 aliphatic heterocycles. The Kier molecular flexibility index (Phi) is 7.54. The summed E-state index contributed by atoms with van der Waals surface area (Å²) in [6.07, 6.45) is 0.718. The summed E-state index contributed by atoms with van der Waals surface area (Å²) in [7, 11) is 0. The first-order chi connectivity index (χ1) is 16.4. The van der Waals surface area contributed by atoms with Gasteiger partial charge in [-0.15, -0.1) is 0 Å². The highest BCUT2D eigenvalue weighted by Crippen LogP contribution is 2.30. The van der Waals surface area contributed by atoms with Crippen LogP contribution in [-0.2, 0) is 17.0 Å². The number of para-hydroxylation sites is 1. The highest BCUT2D eigenvalue weighted by atomic mass is 32.2. The summed E-state index contributed by atoms with van der Waals surface area (Å²) < 4.78 is 12.7. The highest BCUT2D eigenvalue weighted by molar-refractivity contribution is 7.98. The molecule has 7 heteroatoms. The van der Waals surface area contributed by atoms with Gasteiger partial charge in [0.05, 0.1) is 10.9 Å². The van der Waals surface area contributed by atoms with E-state index in [1.807, 2.05) is 44.2 Å². The third kappa shape index (κ3) is 5.10. The fraction of sp³-hybridized carbons (Fsp3) is 0.370. The van der Waals surface area contributed by atoms with Gasteiger partial charge in [-0.25, -0.2) is 9.78 Å². The lowest BCUT2D eigenvalue weighted by Gasteiger charge is -2.15. The Labute approximate surface area is 203 Å². The molecule has 0 aliphatic carbocycles. The number of thioether (sulfide) groups is 1. The van der Waals surface area contributed by atoms with E-state index in [9.17, 15) is 9.59 Å². The van der Waals surface area contributed by atoms with Crippen LogP contribution >= 0.6 is 11.8 Å². The fourth-order valence-corrected chi connectivity index (χ4v) is 5.22. The molecule has 34 heavy (non-hydrogen) atoms. The van der Waals surface area contributed by atoms with E-state index >= 15 is 0 Å². The van der Waals surface area contributed by atoms with Crippen molar-refractivity contribution >= 4 is 33.6 Å². The number of aromatic nitrogens is 2. The zero-order valence-electron chi connectivity index (χ0n) is 20.1. The molecular weight excluding hydrogens is 448 g/mol. The van der Waals surface area contributed by atoms with Crippen LogP contribution in [0, 0.1) is 6.92 Å². The van der Waals surface area contributed by atoms with Gasteiger partial charge in [0.15, 0.2) is 5.16 Å². The Hall–Kier alpha value is -2.90. The molecule has 0 fully saturated rings. The van der Waals surface area contributed by atoms with Crippen molar-refractivity contribution in [2.75, 3.05) is 13.2 Å². The first-order valence-corrected chi connectivity index (χ1v) is 12.6. The van der Waals surface area contributed by atoms with E-state index in [1.165, 1.54) is 17.3 Å². The summed E-state index contributed by atoms with van der Waals surface area (Å²) in [6, 6.07) is 13.0. The van der Waals surface area contributed by atoms with Crippen molar-refractivity contribution in [3.63, 3.8) is 0 Å². The third-order valence-corrected chi connectivity index (χ3v) is 6.92. The third-order valence-electron chi connectivity index (χ3n) is 5.90. The summed E-state index contributed by atoms with van der Waals surface area (Å²) in [5.41, 5.74) is 4.04. The minimum atomic E-state index is -0.375. The number of fused-ring (bicyclic) bond motifs is 2. The Bertz CT molecular complexity index is 1440. The van der Waals surface area contributed by atoms with Crippen LogP contribution in [-0.4, -0.2) is 22.8 Å². The minimum absolute atomic E-state index is 0.0558. The predicted molar refractivity (Wildman–Crippen MR) is 138 cm³/mol. The Morgan fingerprint density at radius 2 is 1.91 bits per heavy atom. The lowest BCUT2D eigenvalue weighted by molar-refractivity contribution is 0.140. The number of hydrogen-bond acceptors (Lipinski definition) is 6. The maximum Gasteiger partial charge on any atom is 0.336 e. The lowest BCUT2D eigenvalue weighted by Crippen LogP contribution is -2.24. The summed E-state index contributed by atoms with van der Waals surface area (Å²) in [6.45, 7) is 10.1. The lowest BCUT2D eigenvalue weighted by atomic mass is 9.95. The van der Waals surface area contributed by atoms with E-state index < -0.39 is 0 Å². The number of nitrogens with zero attached hydrogens (tertiary/aromatic N) is 2. The SMILES string of the molecule is CCOCCCn1c(SCc2cc(=O)oc3cc(C)c(C(C)C)cc23)nc2ccccc2c1=O. The number of hydrogen-bond donors (Lipinski definition) is 0. The second-order valence-electron chi connectivity index (χ2n) is 8.66. The molecule has 0 bridgehead atoms. The molecule has 0 saturated carbocycles. The van der Waals surface area contributed by atoms with Gasteiger partial charge in [0, 0.05) is 37.0 Å². The Morgan fingerprint density at radius 1 is 1.12 bits per heavy atom. The fourth-order valence-electron chi connectivity index (χ4n) is 4.20. The zero-order chi connectivity index (χ0) is 24.2. The molecule has 2 heterocycles. The van der Waals surface area contributed by atoms with E-state index in [-0.39, 0.29) is 11.2 Å². The summed E-state index contributed by atoms with van der Waals surface area (Å²) in [5.74, 6) is 0.855. The smallest absolute Gasteiger partial charge is 0.336 e. The van der Waals surface area contributed by atoms with Crippen molar-refractivity contribution in [3.8, 4) is 0 Å². The van der Waals surface area contributed by atoms with Crippen molar-refractivity contribution in [3.05, 3.63) is 79.9 Å². The molecule has 0 radical (unpaired) electrons. The van der Waals surface area contributed by atoms with Gasteiger partial charge in [-0.05, 0) is 67.1 Å².